The SMILES string of the molecule is Cc1cccc2c1ccn2Cc1cccc(F)c1Br. The van der Waals surface area contributed by atoms with Gasteiger partial charge in [-0.15, -0.1) is 0 Å². The van der Waals surface area contributed by atoms with Gasteiger partial charge in [0.2, 0.25) is 0 Å². The van der Waals surface area contributed by atoms with Gasteiger partial charge in [0.1, 0.15) is 5.82 Å². The van der Waals surface area contributed by atoms with Crippen LogP contribution < -0.4 is 0 Å². The fourth-order valence-electron chi connectivity index (χ4n) is 2.37. The monoisotopic (exact) mass is 317 g/mol. The molecular weight excluding hydrogens is 305 g/mol. The Kier molecular flexibility index (Phi) is 3.15. The molecule has 0 bridgehead atoms. The highest BCUT2D eigenvalue weighted by molar-refractivity contribution is 9.10. The molecule has 1 heterocycles. The highest BCUT2D eigenvalue weighted by Crippen LogP contribution is 2.24. The zero-order valence-electron chi connectivity index (χ0n) is 10.5. The number of rotatable bonds is 2. The van der Waals surface area contributed by atoms with Crippen LogP contribution in [-0.2, 0) is 6.54 Å². The second-order valence-corrected chi connectivity index (χ2v) is 5.46. The van der Waals surface area contributed by atoms with Gasteiger partial charge in [-0.3, -0.25) is 0 Å². The highest BCUT2D eigenvalue weighted by atomic mass is 79.9. The van der Waals surface area contributed by atoms with E-state index >= 15 is 0 Å². The summed E-state index contributed by atoms with van der Waals surface area (Å²) < 4.78 is 16.2. The molecule has 0 amide bonds. The summed E-state index contributed by atoms with van der Waals surface area (Å²) >= 11 is 3.32. The predicted octanol–water partition coefficient (Wildman–Crippen LogP) is 4.90. The molecular formula is C16H13BrFN. The third-order valence-corrected chi connectivity index (χ3v) is 4.29. The van der Waals surface area contributed by atoms with Crippen molar-refractivity contribution in [3.8, 4) is 0 Å². The molecule has 19 heavy (non-hydrogen) atoms. The molecule has 3 aromatic rings. The van der Waals surface area contributed by atoms with Crippen molar-refractivity contribution in [3.05, 3.63) is 70.1 Å². The van der Waals surface area contributed by atoms with Crippen molar-refractivity contribution in [1.82, 2.24) is 4.57 Å². The van der Waals surface area contributed by atoms with Gasteiger partial charge in [-0.1, -0.05) is 24.3 Å². The topological polar surface area (TPSA) is 4.93 Å². The molecule has 1 aromatic heterocycles. The van der Waals surface area contributed by atoms with E-state index in [0.29, 0.717) is 11.0 Å². The van der Waals surface area contributed by atoms with E-state index < -0.39 is 0 Å². The summed E-state index contributed by atoms with van der Waals surface area (Å²) in [6, 6.07) is 13.5. The molecule has 0 fully saturated rings. The van der Waals surface area contributed by atoms with Crippen LogP contribution in [-0.4, -0.2) is 4.57 Å². The molecule has 2 aromatic carbocycles. The van der Waals surface area contributed by atoms with E-state index in [2.05, 4.69) is 57.9 Å². The van der Waals surface area contributed by atoms with Crippen molar-refractivity contribution >= 4 is 26.8 Å². The summed E-state index contributed by atoms with van der Waals surface area (Å²) in [4.78, 5) is 0. The van der Waals surface area contributed by atoms with Crippen molar-refractivity contribution in [2.75, 3.05) is 0 Å². The lowest BCUT2D eigenvalue weighted by atomic mass is 10.1. The van der Waals surface area contributed by atoms with E-state index in [1.165, 1.54) is 22.5 Å². The van der Waals surface area contributed by atoms with Gasteiger partial charge in [0.15, 0.2) is 0 Å². The van der Waals surface area contributed by atoms with Gasteiger partial charge in [0, 0.05) is 23.6 Å². The van der Waals surface area contributed by atoms with E-state index in [1.54, 1.807) is 6.07 Å². The van der Waals surface area contributed by atoms with Crippen molar-refractivity contribution in [3.63, 3.8) is 0 Å². The van der Waals surface area contributed by atoms with Crippen LogP contribution in [0.5, 0.6) is 0 Å². The molecule has 0 saturated carbocycles. The summed E-state index contributed by atoms with van der Waals surface area (Å²) in [7, 11) is 0. The first-order valence-electron chi connectivity index (χ1n) is 6.14. The van der Waals surface area contributed by atoms with Crippen LogP contribution in [0.2, 0.25) is 0 Å². The quantitative estimate of drug-likeness (QED) is 0.633. The summed E-state index contributed by atoms with van der Waals surface area (Å²) in [5.41, 5.74) is 3.38. The Morgan fingerprint density at radius 2 is 1.89 bits per heavy atom. The molecule has 0 aliphatic carbocycles. The smallest absolute Gasteiger partial charge is 0.137 e. The Morgan fingerprint density at radius 1 is 1.11 bits per heavy atom. The largest absolute Gasteiger partial charge is 0.343 e. The number of hydrogen-bond acceptors (Lipinski definition) is 0. The number of fused-ring (bicyclic) bond motifs is 1. The van der Waals surface area contributed by atoms with Gasteiger partial charge in [0.25, 0.3) is 0 Å². The Labute approximate surface area is 119 Å². The number of aromatic nitrogens is 1. The molecule has 0 saturated heterocycles. The molecule has 0 radical (unpaired) electrons. The van der Waals surface area contributed by atoms with Crippen LogP contribution in [0.15, 0.2) is 53.1 Å². The first kappa shape index (κ1) is 12.4. The Balaban J connectivity index is 2.07. The third-order valence-electron chi connectivity index (χ3n) is 3.40. The second kappa shape index (κ2) is 4.82. The molecule has 0 atom stereocenters. The first-order valence-corrected chi connectivity index (χ1v) is 6.93. The molecule has 3 rings (SSSR count). The van der Waals surface area contributed by atoms with Crippen LogP contribution in [0, 0.1) is 12.7 Å². The summed E-state index contributed by atoms with van der Waals surface area (Å²) in [6.07, 6.45) is 2.05. The van der Waals surface area contributed by atoms with Crippen molar-refractivity contribution < 1.29 is 4.39 Å². The minimum atomic E-state index is -0.217. The Morgan fingerprint density at radius 3 is 2.74 bits per heavy atom. The maximum absolute atomic E-state index is 13.5. The van der Waals surface area contributed by atoms with Crippen LogP contribution in [0.1, 0.15) is 11.1 Å². The number of hydrogen-bond donors (Lipinski definition) is 0. The summed E-state index contributed by atoms with van der Waals surface area (Å²) in [5, 5.41) is 1.25. The molecule has 96 valence electrons. The second-order valence-electron chi connectivity index (χ2n) is 4.66. The van der Waals surface area contributed by atoms with Crippen LogP contribution >= 0.6 is 15.9 Å². The minimum absolute atomic E-state index is 0.217. The van der Waals surface area contributed by atoms with Crippen molar-refractivity contribution in [2.24, 2.45) is 0 Å². The predicted molar refractivity (Wildman–Crippen MR) is 79.9 cm³/mol. The first-order chi connectivity index (χ1) is 9.16. The lowest BCUT2D eigenvalue weighted by Crippen LogP contribution is -1.99. The molecule has 3 heteroatoms. The molecule has 0 aliphatic heterocycles. The maximum atomic E-state index is 13.5. The van der Waals surface area contributed by atoms with E-state index in [4.69, 9.17) is 0 Å². The Hall–Kier alpha value is -1.61. The average molecular weight is 318 g/mol. The molecule has 0 spiro atoms. The number of nitrogens with zero attached hydrogens (tertiary/aromatic N) is 1. The zero-order chi connectivity index (χ0) is 13.4. The van der Waals surface area contributed by atoms with Crippen LogP contribution in [0.4, 0.5) is 4.39 Å². The Bertz CT molecular complexity index is 746. The maximum Gasteiger partial charge on any atom is 0.137 e. The number of aryl methyl sites for hydroxylation is 1. The molecule has 0 N–H and O–H groups in total. The zero-order valence-corrected chi connectivity index (χ0v) is 12.1. The fraction of sp³-hybridized carbons (Fsp3) is 0.125. The number of benzene rings is 2. The van der Waals surface area contributed by atoms with E-state index in [-0.39, 0.29) is 5.82 Å². The standard InChI is InChI=1S/C16H13BrFN/c1-11-4-2-7-15-13(11)8-9-19(15)10-12-5-3-6-14(18)16(12)17/h2-9H,10H2,1H3. The average Bonchev–Trinajstić information content (AvgIpc) is 2.80. The highest BCUT2D eigenvalue weighted by Gasteiger charge is 2.08. The van der Waals surface area contributed by atoms with Gasteiger partial charge < -0.3 is 4.57 Å². The van der Waals surface area contributed by atoms with E-state index in [9.17, 15) is 4.39 Å². The van der Waals surface area contributed by atoms with Gasteiger partial charge in [-0.25, -0.2) is 4.39 Å². The van der Waals surface area contributed by atoms with Crippen LogP contribution in [0.25, 0.3) is 10.9 Å². The van der Waals surface area contributed by atoms with Gasteiger partial charge in [-0.2, -0.15) is 0 Å². The fourth-order valence-corrected chi connectivity index (χ4v) is 2.76. The molecule has 1 nitrogen and oxygen atoms in total. The minimum Gasteiger partial charge on any atom is -0.343 e. The number of halogens is 2. The molecule has 0 aliphatic rings. The van der Waals surface area contributed by atoms with E-state index in [1.807, 2.05) is 6.07 Å². The third kappa shape index (κ3) is 2.19. The summed E-state index contributed by atoms with van der Waals surface area (Å²) in [5.74, 6) is -0.217. The lowest BCUT2D eigenvalue weighted by molar-refractivity contribution is 0.616. The molecule has 0 unspecified atom stereocenters. The lowest BCUT2D eigenvalue weighted by Gasteiger charge is -2.08. The normalized spacial score (nSPS) is 11.1. The van der Waals surface area contributed by atoms with E-state index in [0.717, 1.165) is 5.56 Å². The van der Waals surface area contributed by atoms with Gasteiger partial charge in [0.05, 0.1) is 4.47 Å². The van der Waals surface area contributed by atoms with Crippen molar-refractivity contribution in [2.45, 2.75) is 13.5 Å². The van der Waals surface area contributed by atoms with Crippen molar-refractivity contribution in [1.29, 1.82) is 0 Å². The van der Waals surface area contributed by atoms with Gasteiger partial charge in [-0.05, 0) is 52.2 Å². The van der Waals surface area contributed by atoms with Gasteiger partial charge >= 0.3 is 0 Å². The summed E-state index contributed by atoms with van der Waals surface area (Å²) in [6.45, 7) is 2.76. The van der Waals surface area contributed by atoms with Crippen LogP contribution in [0.3, 0.4) is 0 Å².